The molecule has 1 aliphatic rings. The van der Waals surface area contributed by atoms with E-state index in [1.165, 1.54) is 0 Å². The van der Waals surface area contributed by atoms with Gasteiger partial charge in [0.1, 0.15) is 5.15 Å². The van der Waals surface area contributed by atoms with Gasteiger partial charge in [-0.2, -0.15) is 0 Å². The van der Waals surface area contributed by atoms with Crippen LogP contribution in [0.2, 0.25) is 23.3 Å². The fraction of sp³-hybridized carbons (Fsp3) is 0.706. The number of nitrogens with zero attached hydrogens (tertiary/aromatic N) is 1. The summed E-state index contributed by atoms with van der Waals surface area (Å²) in [6.45, 7) is 12.5. The topological polar surface area (TPSA) is 51.6 Å². The highest BCUT2D eigenvalue weighted by molar-refractivity contribution is 6.74. The first-order valence-corrected chi connectivity index (χ1v) is 11.4. The molecule has 1 fully saturated rings. The van der Waals surface area contributed by atoms with Crippen molar-refractivity contribution in [3.63, 3.8) is 0 Å². The zero-order valence-corrected chi connectivity index (χ0v) is 16.5. The third-order valence-electron chi connectivity index (χ3n) is 5.14. The SMILES string of the molecule is CC(C)(C)[Si](C)(C)OCc1nc(Cl)ccc1C1(O)CCOCC1. The molecule has 130 valence electrons. The van der Waals surface area contributed by atoms with Crippen LogP contribution in [-0.2, 0) is 21.4 Å². The third kappa shape index (κ3) is 4.34. The molecule has 6 heteroatoms. The monoisotopic (exact) mass is 357 g/mol. The van der Waals surface area contributed by atoms with Crippen LogP contribution in [0.1, 0.15) is 44.9 Å². The van der Waals surface area contributed by atoms with Crippen molar-refractivity contribution in [3.05, 3.63) is 28.5 Å². The molecule has 0 aliphatic carbocycles. The van der Waals surface area contributed by atoms with Crippen LogP contribution in [-0.4, -0.2) is 31.6 Å². The highest BCUT2D eigenvalue weighted by Crippen LogP contribution is 2.38. The summed E-state index contributed by atoms with van der Waals surface area (Å²) in [6, 6.07) is 3.62. The van der Waals surface area contributed by atoms with Gasteiger partial charge in [-0.25, -0.2) is 4.98 Å². The predicted octanol–water partition coefficient (Wildman–Crippen LogP) is 4.25. The van der Waals surface area contributed by atoms with Gasteiger partial charge >= 0.3 is 0 Å². The van der Waals surface area contributed by atoms with Crippen LogP contribution < -0.4 is 0 Å². The lowest BCUT2D eigenvalue weighted by molar-refractivity contribution is -0.0690. The fourth-order valence-corrected chi connectivity index (χ4v) is 3.55. The van der Waals surface area contributed by atoms with E-state index in [1.807, 2.05) is 6.07 Å². The molecule has 2 rings (SSSR count). The molecule has 0 saturated carbocycles. The number of aliphatic hydroxyl groups is 1. The Bertz CT molecular complexity index is 551. The molecule has 0 spiro atoms. The Balaban J connectivity index is 2.26. The van der Waals surface area contributed by atoms with Gasteiger partial charge in [0.05, 0.1) is 17.9 Å². The third-order valence-corrected chi connectivity index (χ3v) is 9.83. The summed E-state index contributed by atoms with van der Waals surface area (Å²) in [6.07, 6.45) is 1.15. The van der Waals surface area contributed by atoms with Gasteiger partial charge in [-0.3, -0.25) is 0 Å². The van der Waals surface area contributed by atoms with Gasteiger partial charge in [-0.15, -0.1) is 0 Å². The predicted molar refractivity (Wildman–Crippen MR) is 95.2 cm³/mol. The summed E-state index contributed by atoms with van der Waals surface area (Å²) in [4.78, 5) is 4.44. The number of aromatic nitrogens is 1. The highest BCUT2D eigenvalue weighted by atomic mass is 35.5. The van der Waals surface area contributed by atoms with Gasteiger partial charge < -0.3 is 14.3 Å². The van der Waals surface area contributed by atoms with Crippen LogP contribution >= 0.6 is 11.6 Å². The molecule has 4 nitrogen and oxygen atoms in total. The van der Waals surface area contributed by atoms with Crippen LogP contribution in [0.15, 0.2) is 12.1 Å². The molecule has 0 amide bonds. The number of halogens is 1. The maximum Gasteiger partial charge on any atom is 0.192 e. The second-order valence-corrected chi connectivity index (χ2v) is 13.0. The lowest BCUT2D eigenvalue weighted by atomic mass is 9.85. The van der Waals surface area contributed by atoms with E-state index in [4.69, 9.17) is 20.8 Å². The first-order valence-electron chi connectivity index (χ1n) is 8.15. The Hall–Kier alpha value is -0.463. The number of hydrogen-bond donors (Lipinski definition) is 1. The average molecular weight is 358 g/mol. The maximum absolute atomic E-state index is 11.0. The number of ether oxygens (including phenoxy) is 1. The fourth-order valence-electron chi connectivity index (χ4n) is 2.45. The summed E-state index contributed by atoms with van der Waals surface area (Å²) in [5, 5.41) is 11.6. The van der Waals surface area contributed by atoms with E-state index in [-0.39, 0.29) is 5.04 Å². The number of pyridine rings is 1. The van der Waals surface area contributed by atoms with Crippen molar-refractivity contribution in [3.8, 4) is 0 Å². The molecule has 2 heterocycles. The standard InChI is InChI=1S/C17H28ClNO3Si/c1-16(2,3)23(4,5)22-12-14-13(6-7-15(18)19-14)17(20)8-10-21-11-9-17/h6-7,20H,8-12H2,1-5H3. The van der Waals surface area contributed by atoms with E-state index < -0.39 is 13.9 Å². The van der Waals surface area contributed by atoms with Crippen molar-refractivity contribution >= 4 is 19.9 Å². The second-order valence-electron chi connectivity index (χ2n) is 7.82. The minimum absolute atomic E-state index is 0.126. The van der Waals surface area contributed by atoms with Crippen LogP contribution in [0.5, 0.6) is 0 Å². The maximum atomic E-state index is 11.0. The number of rotatable bonds is 4. The molecule has 0 bridgehead atoms. The number of hydrogen-bond acceptors (Lipinski definition) is 4. The lowest BCUT2D eigenvalue weighted by Crippen LogP contribution is -2.41. The molecule has 1 aromatic heterocycles. The van der Waals surface area contributed by atoms with Gasteiger partial charge in [0, 0.05) is 31.6 Å². The normalized spacial score (nSPS) is 18.9. The molecule has 0 aromatic carbocycles. The Morgan fingerprint density at radius 1 is 1.30 bits per heavy atom. The van der Waals surface area contributed by atoms with Crippen molar-refractivity contribution in [2.24, 2.45) is 0 Å². The summed E-state index contributed by atoms with van der Waals surface area (Å²) < 4.78 is 11.7. The molecule has 23 heavy (non-hydrogen) atoms. The summed E-state index contributed by atoms with van der Waals surface area (Å²) in [5.74, 6) is 0. The molecule has 0 unspecified atom stereocenters. The van der Waals surface area contributed by atoms with Crippen molar-refractivity contribution in [2.75, 3.05) is 13.2 Å². The highest BCUT2D eigenvalue weighted by Gasteiger charge is 2.39. The average Bonchev–Trinajstić information content (AvgIpc) is 2.44. The molecule has 1 aromatic rings. The van der Waals surface area contributed by atoms with Crippen LogP contribution in [0.3, 0.4) is 0 Å². The van der Waals surface area contributed by atoms with Crippen LogP contribution in [0.4, 0.5) is 0 Å². The van der Waals surface area contributed by atoms with E-state index in [1.54, 1.807) is 6.07 Å². The van der Waals surface area contributed by atoms with E-state index in [2.05, 4.69) is 38.8 Å². The molecule has 1 saturated heterocycles. The van der Waals surface area contributed by atoms with Crippen molar-refractivity contribution in [1.82, 2.24) is 4.98 Å². The van der Waals surface area contributed by atoms with E-state index in [9.17, 15) is 5.11 Å². The van der Waals surface area contributed by atoms with Gasteiger partial charge in [0.15, 0.2) is 8.32 Å². The first kappa shape index (κ1) is 18.9. The van der Waals surface area contributed by atoms with Crippen molar-refractivity contribution < 1.29 is 14.3 Å². The molecule has 1 N–H and O–H groups in total. The molecule has 0 atom stereocenters. The Kier molecular flexibility index (Phi) is 5.58. The zero-order valence-electron chi connectivity index (χ0n) is 14.8. The van der Waals surface area contributed by atoms with E-state index >= 15 is 0 Å². The van der Waals surface area contributed by atoms with Gasteiger partial charge in [0.25, 0.3) is 0 Å². The van der Waals surface area contributed by atoms with Gasteiger partial charge in [-0.05, 0) is 24.2 Å². The van der Waals surface area contributed by atoms with E-state index in [0.717, 1.165) is 11.3 Å². The Morgan fingerprint density at radius 3 is 2.48 bits per heavy atom. The first-order chi connectivity index (χ1) is 10.6. The quantitative estimate of drug-likeness (QED) is 0.646. The summed E-state index contributed by atoms with van der Waals surface area (Å²) in [5.41, 5.74) is 0.665. The van der Waals surface area contributed by atoms with E-state index in [0.29, 0.717) is 37.8 Å². The van der Waals surface area contributed by atoms with Gasteiger partial charge in [0.2, 0.25) is 0 Å². The second kappa shape index (κ2) is 6.80. The summed E-state index contributed by atoms with van der Waals surface area (Å²) >= 11 is 6.08. The minimum Gasteiger partial charge on any atom is -0.411 e. The summed E-state index contributed by atoms with van der Waals surface area (Å²) in [7, 11) is -1.89. The molecular formula is C17H28ClNO3Si. The Morgan fingerprint density at radius 2 is 1.91 bits per heavy atom. The molecule has 0 radical (unpaired) electrons. The van der Waals surface area contributed by atoms with Gasteiger partial charge in [-0.1, -0.05) is 38.4 Å². The zero-order chi connectivity index (χ0) is 17.3. The van der Waals surface area contributed by atoms with Crippen LogP contribution in [0.25, 0.3) is 0 Å². The molecule has 1 aliphatic heterocycles. The van der Waals surface area contributed by atoms with Crippen LogP contribution in [0, 0.1) is 0 Å². The van der Waals surface area contributed by atoms with Crippen molar-refractivity contribution in [2.45, 2.75) is 64.0 Å². The Labute approximate surface area is 145 Å². The lowest BCUT2D eigenvalue weighted by Gasteiger charge is -2.37. The largest absolute Gasteiger partial charge is 0.411 e. The molecular weight excluding hydrogens is 330 g/mol. The minimum atomic E-state index is -1.89. The smallest absolute Gasteiger partial charge is 0.192 e. The van der Waals surface area contributed by atoms with Crippen molar-refractivity contribution in [1.29, 1.82) is 0 Å².